The number of nitrogens with two attached hydrogens (primary N) is 1. The van der Waals surface area contributed by atoms with E-state index in [9.17, 15) is 4.39 Å². The summed E-state index contributed by atoms with van der Waals surface area (Å²) in [6.07, 6.45) is 3.64. The molecule has 1 aliphatic rings. The fourth-order valence-electron chi connectivity index (χ4n) is 2.94. The Hall–Kier alpha value is -2.80. The lowest BCUT2D eigenvalue weighted by Crippen LogP contribution is -2.40. The normalized spacial score (nSPS) is 15.5. The highest BCUT2D eigenvalue weighted by Crippen LogP contribution is 2.26. The molecule has 25 heavy (non-hydrogen) atoms. The fourth-order valence-corrected chi connectivity index (χ4v) is 2.94. The third-order valence-electron chi connectivity index (χ3n) is 4.36. The van der Waals surface area contributed by atoms with Gasteiger partial charge in [0.15, 0.2) is 0 Å². The fraction of sp³-hybridized carbons (Fsp3) is 0.278. The van der Waals surface area contributed by atoms with Gasteiger partial charge >= 0.3 is 0 Å². The van der Waals surface area contributed by atoms with E-state index in [0.717, 1.165) is 37.3 Å². The van der Waals surface area contributed by atoms with Gasteiger partial charge in [-0.05, 0) is 37.1 Å². The molecule has 2 N–H and O–H groups in total. The minimum absolute atomic E-state index is 0.268. The van der Waals surface area contributed by atoms with Crippen LogP contribution in [0.2, 0.25) is 0 Å². The molecular weight excluding hydrogens is 321 g/mol. The van der Waals surface area contributed by atoms with Crippen LogP contribution in [-0.2, 0) is 0 Å². The minimum atomic E-state index is -0.335. The number of piperidine rings is 1. The van der Waals surface area contributed by atoms with Crippen molar-refractivity contribution >= 4 is 5.82 Å². The maximum Gasteiger partial charge on any atom is 0.258 e. The molecule has 3 aromatic rings. The van der Waals surface area contributed by atoms with Gasteiger partial charge in [-0.3, -0.25) is 0 Å². The number of nitrogens with zero attached hydrogens (tertiary/aromatic N) is 4. The molecule has 0 spiro atoms. The van der Waals surface area contributed by atoms with Gasteiger partial charge in [-0.25, -0.2) is 9.37 Å². The second-order valence-electron chi connectivity index (χ2n) is 6.16. The zero-order valence-corrected chi connectivity index (χ0v) is 13.6. The number of halogens is 1. The largest absolute Gasteiger partial charge is 0.356 e. The Morgan fingerprint density at radius 3 is 2.76 bits per heavy atom. The molecule has 1 aliphatic heterocycles. The van der Waals surface area contributed by atoms with Crippen molar-refractivity contribution in [3.63, 3.8) is 0 Å². The lowest BCUT2D eigenvalue weighted by Gasteiger charge is -2.31. The van der Waals surface area contributed by atoms with Crippen molar-refractivity contribution < 1.29 is 8.91 Å². The van der Waals surface area contributed by atoms with E-state index in [-0.39, 0.29) is 11.9 Å². The number of benzene rings is 1. The highest BCUT2D eigenvalue weighted by Gasteiger charge is 2.18. The van der Waals surface area contributed by atoms with Crippen molar-refractivity contribution in [2.45, 2.75) is 18.9 Å². The van der Waals surface area contributed by atoms with E-state index < -0.39 is 0 Å². The van der Waals surface area contributed by atoms with Crippen molar-refractivity contribution in [1.29, 1.82) is 0 Å². The maximum absolute atomic E-state index is 13.4. The molecule has 4 rings (SSSR count). The zero-order chi connectivity index (χ0) is 17.2. The van der Waals surface area contributed by atoms with Gasteiger partial charge in [-0.2, -0.15) is 4.98 Å². The van der Waals surface area contributed by atoms with E-state index in [0.29, 0.717) is 17.3 Å². The first-order valence-corrected chi connectivity index (χ1v) is 8.25. The molecule has 0 unspecified atom stereocenters. The first-order valence-electron chi connectivity index (χ1n) is 8.25. The standard InChI is InChI=1S/C18H18FN5O/c19-14-3-1-2-12(10-14)17-22-18(25-23-17)13-4-7-21-16(11-13)24-8-5-15(20)6-9-24/h1-4,7,10-11,15H,5-6,8-9,20H2. The molecule has 2 aromatic heterocycles. The number of hydrogen-bond donors (Lipinski definition) is 1. The molecule has 3 heterocycles. The van der Waals surface area contributed by atoms with Crippen molar-refractivity contribution in [2.24, 2.45) is 5.73 Å². The molecule has 1 aromatic carbocycles. The molecule has 0 aliphatic carbocycles. The number of anilines is 1. The predicted molar refractivity (Wildman–Crippen MR) is 92.3 cm³/mol. The topological polar surface area (TPSA) is 81.1 Å². The highest BCUT2D eigenvalue weighted by atomic mass is 19.1. The number of aromatic nitrogens is 3. The van der Waals surface area contributed by atoms with Crippen LogP contribution in [0.1, 0.15) is 12.8 Å². The summed E-state index contributed by atoms with van der Waals surface area (Å²) >= 11 is 0. The predicted octanol–water partition coefficient (Wildman–Crippen LogP) is 2.87. The minimum Gasteiger partial charge on any atom is -0.356 e. The quantitative estimate of drug-likeness (QED) is 0.790. The average molecular weight is 339 g/mol. The van der Waals surface area contributed by atoms with Gasteiger partial charge in [0, 0.05) is 36.5 Å². The Balaban J connectivity index is 1.59. The van der Waals surface area contributed by atoms with Crippen LogP contribution >= 0.6 is 0 Å². The van der Waals surface area contributed by atoms with Gasteiger partial charge in [-0.1, -0.05) is 17.3 Å². The smallest absolute Gasteiger partial charge is 0.258 e. The highest BCUT2D eigenvalue weighted by molar-refractivity contribution is 5.62. The van der Waals surface area contributed by atoms with Crippen LogP contribution in [0.25, 0.3) is 22.8 Å². The van der Waals surface area contributed by atoms with Crippen molar-refractivity contribution in [3.8, 4) is 22.8 Å². The van der Waals surface area contributed by atoms with Crippen molar-refractivity contribution in [3.05, 3.63) is 48.4 Å². The van der Waals surface area contributed by atoms with E-state index >= 15 is 0 Å². The number of rotatable bonds is 3. The molecule has 0 amide bonds. The molecule has 0 radical (unpaired) electrons. The summed E-state index contributed by atoms with van der Waals surface area (Å²) < 4.78 is 18.7. The van der Waals surface area contributed by atoms with Gasteiger partial charge in [-0.15, -0.1) is 0 Å². The molecular formula is C18H18FN5O. The van der Waals surface area contributed by atoms with Crippen molar-refractivity contribution in [1.82, 2.24) is 15.1 Å². The summed E-state index contributed by atoms with van der Waals surface area (Å²) in [5.74, 6) is 1.28. The Morgan fingerprint density at radius 2 is 1.96 bits per heavy atom. The van der Waals surface area contributed by atoms with E-state index in [1.54, 1.807) is 18.3 Å². The van der Waals surface area contributed by atoms with Crippen LogP contribution in [0, 0.1) is 5.82 Å². The lowest BCUT2D eigenvalue weighted by molar-refractivity contribution is 0.432. The van der Waals surface area contributed by atoms with Crippen LogP contribution in [0.4, 0.5) is 10.2 Å². The lowest BCUT2D eigenvalue weighted by atomic mass is 10.1. The zero-order valence-electron chi connectivity index (χ0n) is 13.6. The summed E-state index contributed by atoms with van der Waals surface area (Å²) in [4.78, 5) is 11.0. The Bertz CT molecular complexity index is 873. The molecule has 0 saturated carbocycles. The SMILES string of the molecule is NC1CCN(c2cc(-c3nc(-c4cccc(F)c4)no3)ccn2)CC1. The van der Waals surface area contributed by atoms with Crippen LogP contribution in [0.3, 0.4) is 0 Å². The van der Waals surface area contributed by atoms with Gasteiger partial charge in [0.2, 0.25) is 5.82 Å². The monoisotopic (exact) mass is 339 g/mol. The van der Waals surface area contributed by atoms with Gasteiger partial charge in [0.05, 0.1) is 0 Å². The Labute approximate surface area is 144 Å². The van der Waals surface area contributed by atoms with Crippen molar-refractivity contribution in [2.75, 3.05) is 18.0 Å². The molecule has 6 nitrogen and oxygen atoms in total. The number of pyridine rings is 1. The molecule has 7 heteroatoms. The molecule has 0 atom stereocenters. The van der Waals surface area contributed by atoms with E-state index in [1.807, 2.05) is 12.1 Å². The molecule has 128 valence electrons. The van der Waals surface area contributed by atoms with Crippen LogP contribution < -0.4 is 10.6 Å². The third-order valence-corrected chi connectivity index (χ3v) is 4.36. The Morgan fingerprint density at radius 1 is 1.12 bits per heavy atom. The molecule has 0 bridgehead atoms. The van der Waals surface area contributed by atoms with E-state index in [2.05, 4.69) is 20.0 Å². The first-order chi connectivity index (χ1) is 12.2. The second-order valence-corrected chi connectivity index (χ2v) is 6.16. The number of hydrogen-bond acceptors (Lipinski definition) is 6. The van der Waals surface area contributed by atoms with Gasteiger partial charge in [0.25, 0.3) is 5.89 Å². The summed E-state index contributed by atoms with van der Waals surface area (Å²) in [7, 11) is 0. The van der Waals surface area contributed by atoms with Gasteiger partial charge < -0.3 is 15.2 Å². The van der Waals surface area contributed by atoms with E-state index in [4.69, 9.17) is 10.3 Å². The molecule has 1 fully saturated rings. The summed E-state index contributed by atoms with van der Waals surface area (Å²) in [5.41, 5.74) is 7.32. The Kier molecular flexibility index (Phi) is 4.15. The second kappa shape index (κ2) is 6.60. The van der Waals surface area contributed by atoms with E-state index in [1.165, 1.54) is 12.1 Å². The van der Waals surface area contributed by atoms with Crippen LogP contribution in [0.5, 0.6) is 0 Å². The third kappa shape index (κ3) is 3.36. The van der Waals surface area contributed by atoms with Crippen LogP contribution in [-0.4, -0.2) is 34.3 Å². The summed E-state index contributed by atoms with van der Waals surface area (Å²) in [5, 5.41) is 3.95. The van der Waals surface area contributed by atoms with Gasteiger partial charge in [0.1, 0.15) is 11.6 Å². The summed E-state index contributed by atoms with van der Waals surface area (Å²) in [6, 6.07) is 10.1. The van der Waals surface area contributed by atoms with Crippen LogP contribution in [0.15, 0.2) is 47.1 Å². The first kappa shape index (κ1) is 15.7. The summed E-state index contributed by atoms with van der Waals surface area (Å²) in [6.45, 7) is 1.77. The maximum atomic E-state index is 13.4. The molecule has 1 saturated heterocycles. The average Bonchev–Trinajstić information content (AvgIpc) is 3.13.